The Morgan fingerprint density at radius 1 is 0.388 bits per heavy atom. The second-order valence-corrected chi connectivity index (χ2v) is 23.3. The molecule has 0 aliphatic carbocycles. The molecule has 67 heavy (non-hydrogen) atoms. The highest BCUT2D eigenvalue weighted by molar-refractivity contribution is 7.00. The maximum absolute atomic E-state index is 5.14. The van der Waals surface area contributed by atoms with Gasteiger partial charge in [0, 0.05) is 45.1 Å². The Labute approximate surface area is 397 Å². The highest BCUT2D eigenvalue weighted by Crippen LogP contribution is 2.49. The van der Waals surface area contributed by atoms with Crippen molar-refractivity contribution in [2.45, 2.75) is 105 Å². The van der Waals surface area contributed by atoms with E-state index in [-0.39, 0.29) is 28.4 Å². The third-order valence-corrected chi connectivity index (χ3v) is 14.4. The van der Waals surface area contributed by atoms with Crippen LogP contribution in [-0.2, 0) is 21.7 Å². The van der Waals surface area contributed by atoms with Gasteiger partial charge >= 0.3 is 0 Å². The number of rotatable bonds is 3. The summed E-state index contributed by atoms with van der Waals surface area (Å²) < 4.78 is 0. The van der Waals surface area contributed by atoms with E-state index in [2.05, 4.69) is 238 Å². The van der Waals surface area contributed by atoms with Crippen LogP contribution in [0, 0.1) is 0 Å². The smallest absolute Gasteiger partial charge is 0.252 e. The molecule has 332 valence electrons. The van der Waals surface area contributed by atoms with Gasteiger partial charge in [-0.2, -0.15) is 0 Å². The molecule has 8 aromatic carbocycles. The molecular weight excluding hydrogens is 812 g/mol. The number of para-hydroxylation sites is 1. The lowest BCUT2D eigenvalue weighted by Gasteiger charge is -2.45. The normalized spacial score (nSPS) is 13.9. The lowest BCUT2D eigenvalue weighted by Crippen LogP contribution is -2.61. The fourth-order valence-corrected chi connectivity index (χ4v) is 10.5. The summed E-state index contributed by atoms with van der Waals surface area (Å²) in [5, 5.41) is 5.96. The number of anilines is 6. The summed E-state index contributed by atoms with van der Waals surface area (Å²) in [5.74, 6) is 0. The Kier molecular flexibility index (Phi) is 9.53. The topological polar surface area (TPSA) is 32.3 Å². The maximum atomic E-state index is 5.14. The van der Waals surface area contributed by atoms with Crippen LogP contribution in [-0.4, -0.2) is 16.7 Å². The first-order valence-corrected chi connectivity index (χ1v) is 24.1. The summed E-state index contributed by atoms with van der Waals surface area (Å²) in [7, 11) is 0. The molecule has 3 heterocycles. The number of benzene rings is 8. The molecule has 0 saturated heterocycles. The lowest BCUT2D eigenvalue weighted by atomic mass is 9.33. The van der Waals surface area contributed by atoms with Crippen molar-refractivity contribution in [2.75, 3.05) is 9.80 Å². The Hall–Kier alpha value is -6.72. The van der Waals surface area contributed by atoms with Gasteiger partial charge in [0.15, 0.2) is 0 Å². The van der Waals surface area contributed by atoms with Crippen molar-refractivity contribution in [3.8, 4) is 11.3 Å². The molecule has 2 aliphatic rings. The second kappa shape index (κ2) is 14.9. The van der Waals surface area contributed by atoms with E-state index >= 15 is 0 Å². The van der Waals surface area contributed by atoms with Crippen LogP contribution in [0.4, 0.5) is 34.1 Å². The van der Waals surface area contributed by atoms with Crippen LogP contribution in [0.3, 0.4) is 0 Å². The zero-order valence-electron chi connectivity index (χ0n) is 41.3. The third kappa shape index (κ3) is 7.21. The van der Waals surface area contributed by atoms with Gasteiger partial charge in [0.25, 0.3) is 6.71 Å². The van der Waals surface area contributed by atoms with Crippen LogP contribution >= 0.6 is 0 Å². The molecule has 1 aromatic heterocycles. The summed E-state index contributed by atoms with van der Waals surface area (Å²) in [5.41, 5.74) is 18.8. The first-order valence-electron chi connectivity index (χ1n) is 24.1. The van der Waals surface area contributed by atoms with Crippen molar-refractivity contribution in [1.29, 1.82) is 0 Å². The van der Waals surface area contributed by atoms with Crippen LogP contribution in [0.25, 0.3) is 43.7 Å². The molecule has 0 unspecified atom stereocenters. The van der Waals surface area contributed by atoms with Crippen LogP contribution in [0.5, 0.6) is 0 Å². The quantitative estimate of drug-likeness (QED) is 0.166. The molecule has 0 bridgehead atoms. The molecule has 5 heteroatoms. The molecule has 0 fully saturated rings. The highest BCUT2D eigenvalue weighted by atomic mass is 15.2. The first-order chi connectivity index (χ1) is 31.7. The summed E-state index contributed by atoms with van der Waals surface area (Å²) in [6.07, 6.45) is 1.73. The summed E-state index contributed by atoms with van der Waals surface area (Å²) in [4.78, 5) is 15.1. The van der Waals surface area contributed by atoms with Gasteiger partial charge in [0.1, 0.15) is 6.33 Å². The average Bonchev–Trinajstić information content (AvgIpc) is 3.28. The van der Waals surface area contributed by atoms with E-state index < -0.39 is 0 Å². The van der Waals surface area contributed by atoms with E-state index in [9.17, 15) is 0 Å². The summed E-state index contributed by atoms with van der Waals surface area (Å²) in [6, 6.07) is 55.7. The molecule has 11 rings (SSSR count). The van der Waals surface area contributed by atoms with Crippen molar-refractivity contribution < 1.29 is 0 Å². The van der Waals surface area contributed by atoms with Gasteiger partial charge in [0.05, 0.1) is 11.2 Å². The fourth-order valence-electron chi connectivity index (χ4n) is 10.5. The van der Waals surface area contributed by atoms with E-state index in [4.69, 9.17) is 9.97 Å². The van der Waals surface area contributed by atoms with Gasteiger partial charge in [0.2, 0.25) is 0 Å². The molecule has 0 amide bonds. The summed E-state index contributed by atoms with van der Waals surface area (Å²) in [6.45, 7) is 28.0. The Bertz CT molecular complexity index is 3220. The SMILES string of the molecule is CC(C)(C)c1cc(N2c3cc4ccccc4cc3B3c4cc5ccccc5cc4N(c4cc(C(C)(C)C)cc(C(C)(C)C)c4)c4cc(-c5ncnc6ccccc56)cc2c43)cc(C(C)(C)C)c1. The number of hydrogen-bond donors (Lipinski definition) is 0. The Morgan fingerprint density at radius 2 is 0.776 bits per heavy atom. The van der Waals surface area contributed by atoms with Gasteiger partial charge in [-0.15, -0.1) is 0 Å². The van der Waals surface area contributed by atoms with Gasteiger partial charge in [-0.05, 0) is 136 Å². The first kappa shape index (κ1) is 42.9. The zero-order valence-corrected chi connectivity index (χ0v) is 41.3. The van der Waals surface area contributed by atoms with Gasteiger partial charge in [-0.25, -0.2) is 9.97 Å². The fraction of sp³-hybridized carbons (Fsp3) is 0.258. The van der Waals surface area contributed by atoms with Crippen molar-refractivity contribution in [3.63, 3.8) is 0 Å². The number of fused-ring (bicyclic) bond motifs is 7. The van der Waals surface area contributed by atoms with Gasteiger partial charge in [-0.3, -0.25) is 0 Å². The number of aromatic nitrogens is 2. The lowest BCUT2D eigenvalue weighted by molar-refractivity contribution is 0.568. The van der Waals surface area contributed by atoms with Crippen molar-refractivity contribution in [1.82, 2.24) is 9.97 Å². The van der Waals surface area contributed by atoms with Gasteiger partial charge in [-0.1, -0.05) is 174 Å². The third-order valence-electron chi connectivity index (χ3n) is 14.4. The van der Waals surface area contributed by atoms with Crippen LogP contribution in [0.1, 0.15) is 105 Å². The van der Waals surface area contributed by atoms with E-state index in [1.165, 1.54) is 94.3 Å². The van der Waals surface area contributed by atoms with Crippen molar-refractivity contribution >= 4 is 89.7 Å². The minimum atomic E-state index is -0.0820. The zero-order chi connectivity index (χ0) is 46.9. The summed E-state index contributed by atoms with van der Waals surface area (Å²) >= 11 is 0. The Morgan fingerprint density at radius 3 is 1.19 bits per heavy atom. The van der Waals surface area contributed by atoms with E-state index in [1.807, 2.05) is 0 Å². The largest absolute Gasteiger partial charge is 0.311 e. The number of hydrogen-bond acceptors (Lipinski definition) is 4. The van der Waals surface area contributed by atoms with E-state index in [0.29, 0.717) is 0 Å². The van der Waals surface area contributed by atoms with Crippen LogP contribution < -0.4 is 26.2 Å². The second-order valence-electron chi connectivity index (χ2n) is 23.3. The van der Waals surface area contributed by atoms with E-state index in [1.54, 1.807) is 6.33 Å². The standard InChI is InChI=1S/C62H61BN4/c1-59(2,3)43-31-44(60(4,5)6)34-47(33-43)66-53-27-40-21-15-13-19-38(40)25-50(53)63-51-26-39-20-14-16-22-41(39)28-54(51)67(48-35-45(61(7,8)9)32-46(36-48)62(10,11)12)56-30-42(29-55(66)57(56)63)58-49-23-17-18-24-52(49)64-37-65-58/h13-37H,1-12H3. The predicted octanol–water partition coefficient (Wildman–Crippen LogP) is 14.9. The molecule has 0 N–H and O–H groups in total. The number of nitrogens with zero attached hydrogens (tertiary/aromatic N) is 4. The molecule has 0 saturated carbocycles. The van der Waals surface area contributed by atoms with Gasteiger partial charge < -0.3 is 9.80 Å². The van der Waals surface area contributed by atoms with Crippen LogP contribution in [0.15, 0.2) is 152 Å². The minimum Gasteiger partial charge on any atom is -0.311 e. The molecule has 0 spiro atoms. The predicted molar refractivity (Wildman–Crippen MR) is 289 cm³/mol. The monoisotopic (exact) mass is 872 g/mol. The molecule has 4 nitrogen and oxygen atoms in total. The van der Waals surface area contributed by atoms with Crippen molar-refractivity contribution in [3.05, 3.63) is 174 Å². The molecule has 0 atom stereocenters. The highest BCUT2D eigenvalue weighted by Gasteiger charge is 2.45. The maximum Gasteiger partial charge on any atom is 0.252 e. The average molecular weight is 873 g/mol. The van der Waals surface area contributed by atoms with Crippen LogP contribution in [0.2, 0.25) is 0 Å². The van der Waals surface area contributed by atoms with E-state index in [0.717, 1.165) is 22.2 Å². The molecule has 2 aliphatic heterocycles. The molecule has 9 aromatic rings. The molecular formula is C62H61BN4. The Balaban J connectivity index is 1.34. The minimum absolute atomic E-state index is 0.0614. The van der Waals surface area contributed by atoms with Crippen molar-refractivity contribution in [2.24, 2.45) is 0 Å². The molecule has 0 radical (unpaired) electrons.